The SMILES string of the molecule is c1ccc(N(c2ccc3c(c2)C2(c4ccccc4-3)c3ccccc3-c3c2oc2ccccc32)c2ccc3c(c2)sc2ccccc23)cc1. The number of anilines is 3. The fourth-order valence-corrected chi connectivity index (χ4v) is 9.69. The second-order valence-corrected chi connectivity index (χ2v) is 13.9. The standard InChI is InChI=1S/C45H27NOS/c1-2-12-28(13-3-1)46(30-23-25-34-33-15-7-11-21-41(33)48-42(34)27-30)29-22-24-32-31-14-4-8-18-37(31)45(39(32)26-29)38-19-9-5-16-35(38)43-36-17-6-10-20-40(36)47-44(43)45/h1-27H. The van der Waals surface area contributed by atoms with Crippen LogP contribution in [0.25, 0.3) is 53.4 Å². The van der Waals surface area contributed by atoms with Gasteiger partial charge in [-0.25, -0.2) is 0 Å². The maximum Gasteiger partial charge on any atom is 0.135 e. The van der Waals surface area contributed by atoms with Crippen molar-refractivity contribution in [1.29, 1.82) is 0 Å². The minimum Gasteiger partial charge on any atom is -0.459 e. The summed E-state index contributed by atoms with van der Waals surface area (Å²) in [4.78, 5) is 2.40. The van der Waals surface area contributed by atoms with E-state index < -0.39 is 5.41 Å². The maximum atomic E-state index is 6.98. The molecule has 3 heteroatoms. The van der Waals surface area contributed by atoms with E-state index in [1.54, 1.807) is 0 Å². The molecule has 0 amide bonds. The highest BCUT2D eigenvalue weighted by Crippen LogP contribution is 2.65. The first-order valence-electron chi connectivity index (χ1n) is 16.4. The molecule has 0 N–H and O–H groups in total. The van der Waals surface area contributed by atoms with Crippen molar-refractivity contribution >= 4 is 59.5 Å². The van der Waals surface area contributed by atoms with Crippen molar-refractivity contribution in [3.63, 3.8) is 0 Å². The Bertz CT molecular complexity index is 2750. The Morgan fingerprint density at radius 2 is 1.06 bits per heavy atom. The fourth-order valence-electron chi connectivity index (χ4n) is 8.55. The largest absolute Gasteiger partial charge is 0.459 e. The van der Waals surface area contributed by atoms with Gasteiger partial charge in [-0.2, -0.15) is 0 Å². The van der Waals surface area contributed by atoms with Gasteiger partial charge in [-0.1, -0.05) is 115 Å². The molecule has 2 nitrogen and oxygen atoms in total. The van der Waals surface area contributed by atoms with Gasteiger partial charge in [-0.3, -0.25) is 0 Å². The van der Waals surface area contributed by atoms with E-state index in [1.165, 1.54) is 64.5 Å². The molecule has 1 atom stereocenters. The van der Waals surface area contributed by atoms with Crippen LogP contribution in [0.2, 0.25) is 0 Å². The van der Waals surface area contributed by atoms with Gasteiger partial charge in [0.2, 0.25) is 0 Å². The molecule has 1 unspecified atom stereocenters. The molecule has 2 aromatic heterocycles. The summed E-state index contributed by atoms with van der Waals surface area (Å²) in [6, 6.07) is 59.7. The number of thiophene rings is 1. The van der Waals surface area contributed by atoms with Crippen molar-refractivity contribution in [2.75, 3.05) is 4.90 Å². The van der Waals surface area contributed by atoms with Crippen LogP contribution in [0.3, 0.4) is 0 Å². The summed E-state index contributed by atoms with van der Waals surface area (Å²) in [6.07, 6.45) is 0. The van der Waals surface area contributed by atoms with Crippen LogP contribution in [-0.2, 0) is 5.41 Å². The van der Waals surface area contributed by atoms with Crippen LogP contribution in [0, 0.1) is 0 Å². The third-order valence-corrected chi connectivity index (χ3v) is 11.6. The van der Waals surface area contributed by atoms with E-state index in [0.29, 0.717) is 0 Å². The highest BCUT2D eigenvalue weighted by Gasteiger charge is 2.55. The Morgan fingerprint density at radius 3 is 1.94 bits per heavy atom. The van der Waals surface area contributed by atoms with Crippen LogP contribution >= 0.6 is 11.3 Å². The molecular weight excluding hydrogens is 603 g/mol. The number of nitrogens with zero attached hydrogens (tertiary/aromatic N) is 1. The predicted octanol–water partition coefficient (Wildman–Crippen LogP) is 12.6. The van der Waals surface area contributed by atoms with Gasteiger partial charge < -0.3 is 9.32 Å². The van der Waals surface area contributed by atoms with Crippen LogP contribution in [0.4, 0.5) is 17.1 Å². The van der Waals surface area contributed by atoms with Crippen molar-refractivity contribution in [3.8, 4) is 22.3 Å². The van der Waals surface area contributed by atoms with Crippen molar-refractivity contribution in [2.24, 2.45) is 0 Å². The van der Waals surface area contributed by atoms with Crippen molar-refractivity contribution in [2.45, 2.75) is 5.41 Å². The van der Waals surface area contributed by atoms with Crippen LogP contribution in [-0.4, -0.2) is 0 Å². The molecule has 224 valence electrons. The van der Waals surface area contributed by atoms with E-state index in [4.69, 9.17) is 4.42 Å². The van der Waals surface area contributed by atoms with Crippen LogP contribution in [0.1, 0.15) is 22.5 Å². The molecule has 0 aliphatic heterocycles. The molecule has 11 rings (SSSR count). The number of hydrogen-bond acceptors (Lipinski definition) is 3. The topological polar surface area (TPSA) is 16.4 Å². The molecule has 0 fully saturated rings. The molecular formula is C45H27NOS. The van der Waals surface area contributed by atoms with E-state index in [2.05, 4.69) is 169 Å². The molecule has 0 bridgehead atoms. The molecule has 0 saturated carbocycles. The summed E-state index contributed by atoms with van der Waals surface area (Å²) < 4.78 is 9.58. The van der Waals surface area contributed by atoms with Crippen molar-refractivity contribution in [3.05, 3.63) is 186 Å². The first-order valence-corrected chi connectivity index (χ1v) is 17.2. The van der Waals surface area contributed by atoms with Crippen molar-refractivity contribution in [1.82, 2.24) is 0 Å². The van der Waals surface area contributed by atoms with Crippen LogP contribution in [0.15, 0.2) is 168 Å². The molecule has 2 aliphatic carbocycles. The van der Waals surface area contributed by atoms with E-state index in [-0.39, 0.29) is 0 Å². The molecule has 0 saturated heterocycles. The van der Waals surface area contributed by atoms with Gasteiger partial charge in [0, 0.05) is 48.2 Å². The summed E-state index contributed by atoms with van der Waals surface area (Å²) in [5, 5.41) is 3.78. The molecule has 2 aliphatic rings. The Kier molecular flexibility index (Phi) is 5.22. The highest BCUT2D eigenvalue weighted by molar-refractivity contribution is 7.25. The monoisotopic (exact) mass is 629 g/mol. The number of benzene rings is 7. The molecule has 1 spiro atoms. The zero-order valence-electron chi connectivity index (χ0n) is 25.9. The molecule has 7 aromatic carbocycles. The molecule has 9 aromatic rings. The first-order chi connectivity index (χ1) is 23.8. The molecule has 48 heavy (non-hydrogen) atoms. The lowest BCUT2D eigenvalue weighted by Crippen LogP contribution is -2.25. The average Bonchev–Trinajstić information content (AvgIpc) is 3.86. The van der Waals surface area contributed by atoms with Crippen molar-refractivity contribution < 1.29 is 4.42 Å². The zero-order chi connectivity index (χ0) is 31.4. The van der Waals surface area contributed by atoms with Gasteiger partial charge in [-0.05, 0) is 81.9 Å². The number of fused-ring (bicyclic) bond motifs is 15. The Hall–Kier alpha value is -5.90. The summed E-state index contributed by atoms with van der Waals surface area (Å²) >= 11 is 1.86. The van der Waals surface area contributed by atoms with Gasteiger partial charge in [0.05, 0.1) is 0 Å². The number of rotatable bonds is 3. The van der Waals surface area contributed by atoms with Gasteiger partial charge >= 0.3 is 0 Å². The summed E-state index contributed by atoms with van der Waals surface area (Å²) in [7, 11) is 0. The quantitative estimate of drug-likeness (QED) is 0.193. The van der Waals surface area contributed by atoms with Gasteiger partial charge in [0.25, 0.3) is 0 Å². The van der Waals surface area contributed by atoms with E-state index in [9.17, 15) is 0 Å². The van der Waals surface area contributed by atoms with E-state index >= 15 is 0 Å². The lowest BCUT2D eigenvalue weighted by atomic mass is 9.73. The maximum absolute atomic E-state index is 6.98. The second-order valence-electron chi connectivity index (χ2n) is 12.8. The summed E-state index contributed by atoms with van der Waals surface area (Å²) in [5.41, 5.74) is 12.6. The van der Waals surface area contributed by atoms with Crippen LogP contribution in [0.5, 0.6) is 0 Å². The number of para-hydroxylation sites is 2. The number of furan rings is 1. The highest BCUT2D eigenvalue weighted by atomic mass is 32.1. The third-order valence-electron chi connectivity index (χ3n) is 10.5. The van der Waals surface area contributed by atoms with Gasteiger partial charge in [-0.15, -0.1) is 11.3 Å². The van der Waals surface area contributed by atoms with Crippen LogP contribution < -0.4 is 4.90 Å². The Labute approximate surface area is 281 Å². The summed E-state index contributed by atoms with van der Waals surface area (Å²) in [6.45, 7) is 0. The average molecular weight is 630 g/mol. The minimum absolute atomic E-state index is 0.565. The smallest absolute Gasteiger partial charge is 0.135 e. The predicted molar refractivity (Wildman–Crippen MR) is 200 cm³/mol. The third kappa shape index (κ3) is 3.31. The lowest BCUT2D eigenvalue weighted by molar-refractivity contribution is 0.507. The van der Waals surface area contributed by atoms with E-state index in [1.807, 2.05) is 11.3 Å². The second kappa shape index (κ2) is 9.57. The minimum atomic E-state index is -0.565. The van der Waals surface area contributed by atoms with E-state index in [0.717, 1.165) is 28.4 Å². The normalized spacial score (nSPS) is 15.6. The molecule has 0 radical (unpaired) electrons. The number of hydrogen-bond donors (Lipinski definition) is 0. The fraction of sp³-hybridized carbons (Fsp3) is 0.0222. The van der Waals surface area contributed by atoms with Gasteiger partial charge in [0.1, 0.15) is 16.8 Å². The Morgan fingerprint density at radius 1 is 0.438 bits per heavy atom. The lowest BCUT2D eigenvalue weighted by Gasteiger charge is -2.30. The molecule has 2 heterocycles. The van der Waals surface area contributed by atoms with Gasteiger partial charge in [0.15, 0.2) is 0 Å². The summed E-state index contributed by atoms with van der Waals surface area (Å²) in [5.74, 6) is 1.02. The first kappa shape index (κ1) is 26.2. The Balaban J connectivity index is 1.20. The zero-order valence-corrected chi connectivity index (χ0v) is 26.7.